The van der Waals surface area contributed by atoms with E-state index < -0.39 is 0 Å². The number of benzene rings is 2. The lowest BCUT2D eigenvalue weighted by atomic mass is 10.1. The van der Waals surface area contributed by atoms with Crippen LogP contribution in [0.4, 0.5) is 4.39 Å². The zero-order valence-electron chi connectivity index (χ0n) is 15.6. The van der Waals surface area contributed by atoms with E-state index in [0.717, 1.165) is 16.9 Å². The van der Waals surface area contributed by atoms with E-state index in [0.29, 0.717) is 24.5 Å². The smallest absolute Gasteiger partial charge is 0.272 e. The molecule has 5 nitrogen and oxygen atoms in total. The molecule has 0 N–H and O–H groups in total. The minimum Gasteiger partial charge on any atom is -0.492 e. The first-order valence-electron chi connectivity index (χ1n) is 8.69. The molecule has 2 aromatic carbocycles. The molecular weight excluding hydrogens is 345 g/mol. The van der Waals surface area contributed by atoms with Crippen LogP contribution in [0.15, 0.2) is 55.0 Å². The van der Waals surface area contributed by atoms with Crippen molar-refractivity contribution < 1.29 is 13.9 Å². The quantitative estimate of drug-likeness (QED) is 0.666. The van der Waals surface area contributed by atoms with Crippen LogP contribution >= 0.6 is 0 Å². The third-order valence-electron chi connectivity index (χ3n) is 4.20. The molecule has 0 aliphatic heterocycles. The maximum Gasteiger partial charge on any atom is 0.272 e. The lowest BCUT2D eigenvalue weighted by molar-refractivity contribution is 0.0766. The molecule has 3 aromatic rings. The highest BCUT2D eigenvalue weighted by Gasteiger charge is 2.17. The topological polar surface area (TPSA) is 47.4 Å². The van der Waals surface area contributed by atoms with Gasteiger partial charge in [-0.25, -0.2) is 9.37 Å². The first-order valence-corrected chi connectivity index (χ1v) is 8.69. The van der Waals surface area contributed by atoms with Crippen molar-refractivity contribution >= 4 is 5.91 Å². The molecule has 3 rings (SSSR count). The summed E-state index contributed by atoms with van der Waals surface area (Å²) in [5, 5.41) is 0. The van der Waals surface area contributed by atoms with E-state index in [9.17, 15) is 9.18 Å². The molecule has 0 radical (unpaired) electrons. The largest absolute Gasteiger partial charge is 0.492 e. The molecule has 6 heteroatoms. The fraction of sp³-hybridized carbons (Fsp3) is 0.238. The monoisotopic (exact) mass is 367 g/mol. The van der Waals surface area contributed by atoms with E-state index in [1.807, 2.05) is 26.0 Å². The molecular formula is C21H22FN3O2. The molecule has 0 aliphatic carbocycles. The molecule has 0 bridgehead atoms. The fourth-order valence-electron chi connectivity index (χ4n) is 2.87. The van der Waals surface area contributed by atoms with E-state index in [2.05, 4.69) is 11.1 Å². The van der Waals surface area contributed by atoms with Gasteiger partial charge >= 0.3 is 0 Å². The number of nitrogens with zero attached hydrogens (tertiary/aromatic N) is 3. The number of likely N-dealkylation sites (N-methyl/N-ethyl adjacent to an activating group) is 1. The molecule has 0 saturated heterocycles. The van der Waals surface area contributed by atoms with Crippen molar-refractivity contribution in [3.63, 3.8) is 0 Å². The van der Waals surface area contributed by atoms with E-state index in [-0.39, 0.29) is 11.7 Å². The van der Waals surface area contributed by atoms with Crippen LogP contribution in [0.3, 0.4) is 0 Å². The van der Waals surface area contributed by atoms with Gasteiger partial charge in [0.25, 0.3) is 5.91 Å². The second kappa shape index (κ2) is 8.03. The van der Waals surface area contributed by atoms with Crippen LogP contribution in [0.2, 0.25) is 0 Å². The maximum atomic E-state index is 13.1. The lowest BCUT2D eigenvalue weighted by Gasteiger charge is -2.18. The second-order valence-electron chi connectivity index (χ2n) is 6.52. The fourth-order valence-corrected chi connectivity index (χ4v) is 2.87. The van der Waals surface area contributed by atoms with Gasteiger partial charge in [0.1, 0.15) is 23.9 Å². The van der Waals surface area contributed by atoms with E-state index in [1.165, 1.54) is 18.3 Å². The maximum absolute atomic E-state index is 13.1. The van der Waals surface area contributed by atoms with Crippen LogP contribution in [-0.2, 0) is 0 Å². The number of imidazole rings is 1. The summed E-state index contributed by atoms with van der Waals surface area (Å²) in [5.74, 6) is 0.290. The summed E-state index contributed by atoms with van der Waals surface area (Å²) in [6.45, 7) is 4.86. The van der Waals surface area contributed by atoms with Crippen molar-refractivity contribution in [3.8, 4) is 11.4 Å². The summed E-state index contributed by atoms with van der Waals surface area (Å²) in [7, 11) is 1.72. The Bertz CT molecular complexity index is 915. The summed E-state index contributed by atoms with van der Waals surface area (Å²) in [6, 6.07) is 11.9. The van der Waals surface area contributed by atoms with Gasteiger partial charge < -0.3 is 9.64 Å². The molecule has 1 heterocycles. The zero-order chi connectivity index (χ0) is 19.4. The number of aromatic nitrogens is 2. The Kier molecular flexibility index (Phi) is 5.54. The molecule has 0 saturated carbocycles. The molecule has 0 fully saturated rings. The summed E-state index contributed by atoms with van der Waals surface area (Å²) in [6.07, 6.45) is 3.05. The molecule has 0 atom stereocenters. The summed E-state index contributed by atoms with van der Waals surface area (Å²) in [5.41, 5.74) is 3.36. The van der Waals surface area contributed by atoms with Gasteiger partial charge in [-0.05, 0) is 61.4 Å². The molecule has 0 unspecified atom stereocenters. The Morgan fingerprint density at radius 2 is 1.81 bits per heavy atom. The van der Waals surface area contributed by atoms with Crippen molar-refractivity contribution in [1.29, 1.82) is 0 Å². The lowest BCUT2D eigenvalue weighted by Crippen LogP contribution is -2.32. The Balaban J connectivity index is 1.64. The zero-order valence-corrected chi connectivity index (χ0v) is 15.6. The SMILES string of the molecule is Cc1cc(C)cc(OCCN(C)C(=O)c2cncn2-c2ccc(F)cc2)c1. The highest BCUT2D eigenvalue weighted by atomic mass is 19.1. The van der Waals surface area contributed by atoms with Crippen LogP contribution in [0, 0.1) is 19.7 Å². The molecule has 0 spiro atoms. The van der Waals surface area contributed by atoms with Gasteiger partial charge in [0, 0.05) is 12.7 Å². The van der Waals surface area contributed by atoms with Crippen molar-refractivity contribution in [2.45, 2.75) is 13.8 Å². The van der Waals surface area contributed by atoms with E-state index >= 15 is 0 Å². The van der Waals surface area contributed by atoms with Gasteiger partial charge in [-0.3, -0.25) is 9.36 Å². The summed E-state index contributed by atoms with van der Waals surface area (Å²) < 4.78 is 20.5. The first-order chi connectivity index (χ1) is 12.9. The van der Waals surface area contributed by atoms with Gasteiger partial charge in [-0.15, -0.1) is 0 Å². The number of hydrogen-bond donors (Lipinski definition) is 0. The normalized spacial score (nSPS) is 10.7. The third-order valence-corrected chi connectivity index (χ3v) is 4.20. The van der Waals surface area contributed by atoms with Crippen LogP contribution in [0.25, 0.3) is 5.69 Å². The number of aryl methyl sites for hydroxylation is 2. The molecule has 0 aliphatic rings. The molecule has 140 valence electrons. The highest BCUT2D eigenvalue weighted by Crippen LogP contribution is 2.17. The van der Waals surface area contributed by atoms with Crippen LogP contribution in [0.1, 0.15) is 21.6 Å². The summed E-state index contributed by atoms with van der Waals surface area (Å²) in [4.78, 5) is 18.4. The van der Waals surface area contributed by atoms with Crippen molar-refractivity contribution in [1.82, 2.24) is 14.5 Å². The number of hydrogen-bond acceptors (Lipinski definition) is 3. The van der Waals surface area contributed by atoms with Crippen molar-refractivity contribution in [2.75, 3.05) is 20.2 Å². The van der Waals surface area contributed by atoms with Gasteiger partial charge in [-0.1, -0.05) is 6.07 Å². The van der Waals surface area contributed by atoms with Crippen LogP contribution < -0.4 is 4.74 Å². The average Bonchev–Trinajstić information content (AvgIpc) is 3.10. The average molecular weight is 367 g/mol. The predicted octanol–water partition coefficient (Wildman–Crippen LogP) is 3.78. The first kappa shape index (κ1) is 18.6. The van der Waals surface area contributed by atoms with Crippen LogP contribution in [0.5, 0.6) is 5.75 Å². The Morgan fingerprint density at radius 1 is 1.15 bits per heavy atom. The Hall–Kier alpha value is -3.15. The minimum absolute atomic E-state index is 0.180. The van der Waals surface area contributed by atoms with Gasteiger partial charge in [0.05, 0.1) is 19.1 Å². The standard InChI is InChI=1S/C21H22FN3O2/c1-15-10-16(2)12-19(11-15)27-9-8-24(3)21(26)20-13-23-14-25(20)18-6-4-17(22)5-7-18/h4-7,10-14H,8-9H2,1-3H3. The summed E-state index contributed by atoms with van der Waals surface area (Å²) >= 11 is 0. The van der Waals surface area contributed by atoms with E-state index in [1.54, 1.807) is 35.0 Å². The van der Waals surface area contributed by atoms with Gasteiger partial charge in [0.15, 0.2) is 0 Å². The molecule has 1 aromatic heterocycles. The second-order valence-corrected chi connectivity index (χ2v) is 6.52. The number of halogens is 1. The number of carbonyl (C=O) groups is 1. The van der Waals surface area contributed by atoms with Gasteiger partial charge in [0.2, 0.25) is 0 Å². The molecule has 1 amide bonds. The Labute approximate surface area is 158 Å². The minimum atomic E-state index is -0.326. The highest BCUT2D eigenvalue weighted by molar-refractivity contribution is 5.92. The number of ether oxygens (including phenoxy) is 1. The number of amides is 1. The predicted molar refractivity (Wildman–Crippen MR) is 102 cm³/mol. The number of rotatable bonds is 6. The van der Waals surface area contributed by atoms with Gasteiger partial charge in [-0.2, -0.15) is 0 Å². The number of carbonyl (C=O) groups excluding carboxylic acids is 1. The van der Waals surface area contributed by atoms with Crippen LogP contribution in [-0.4, -0.2) is 40.6 Å². The molecule has 27 heavy (non-hydrogen) atoms. The third kappa shape index (κ3) is 4.53. The van der Waals surface area contributed by atoms with Crippen molar-refractivity contribution in [3.05, 3.63) is 77.6 Å². The van der Waals surface area contributed by atoms with Crippen molar-refractivity contribution in [2.24, 2.45) is 0 Å². The van der Waals surface area contributed by atoms with E-state index in [4.69, 9.17) is 4.74 Å². The Morgan fingerprint density at radius 3 is 2.48 bits per heavy atom.